The second-order valence-corrected chi connectivity index (χ2v) is 31.4. The zero-order valence-corrected chi connectivity index (χ0v) is 67.2. The van der Waals surface area contributed by atoms with E-state index >= 15 is 0 Å². The number of rotatable bonds is 11. The lowest BCUT2D eigenvalue weighted by Crippen LogP contribution is -2.16. The van der Waals surface area contributed by atoms with Crippen LogP contribution >= 0.6 is 0 Å². The van der Waals surface area contributed by atoms with Gasteiger partial charge in [-0.3, -0.25) is 4.90 Å². The van der Waals surface area contributed by atoms with E-state index in [0.29, 0.717) is 0 Å². The van der Waals surface area contributed by atoms with Crippen molar-refractivity contribution in [2.45, 2.75) is 0 Å². The Hall–Kier alpha value is -16.8. The molecule has 0 radical (unpaired) electrons. The monoisotopic (exact) mass is 1580 g/mol. The van der Waals surface area contributed by atoms with Gasteiger partial charge in [-0.2, -0.15) is 0 Å². The summed E-state index contributed by atoms with van der Waals surface area (Å²) in [5, 5.41) is 8.39. The highest BCUT2D eigenvalue weighted by Gasteiger charge is 2.33. The van der Waals surface area contributed by atoms with Gasteiger partial charge in [0.15, 0.2) is 5.82 Å². The number of hydrogen-bond donors (Lipinski definition) is 0. The summed E-state index contributed by atoms with van der Waals surface area (Å²) in [4.78, 5) is 35.7. The van der Waals surface area contributed by atoms with Gasteiger partial charge in [0.25, 0.3) is 0 Å². The Labute approximate surface area is 717 Å². The molecule has 0 spiro atoms. The Morgan fingerprint density at radius 2 is 0.613 bits per heavy atom. The number of nitrogens with zero attached hydrogens (tertiary/aromatic N) is 10. The second kappa shape index (κ2) is 30.8. The van der Waals surface area contributed by atoms with E-state index in [1.54, 1.807) is 12.7 Å². The number of aromatic nitrogens is 7. The van der Waals surface area contributed by atoms with E-state index in [4.69, 9.17) is 19.9 Å². The maximum Gasteiger partial charge on any atom is 0.160 e. The number of anilines is 9. The van der Waals surface area contributed by atoms with Crippen LogP contribution in [0.25, 0.3) is 172 Å². The first-order valence-corrected chi connectivity index (χ1v) is 41.8. The smallest absolute Gasteiger partial charge is 0.160 e. The molecule has 4 aromatic heterocycles. The highest BCUT2D eigenvalue weighted by molar-refractivity contribution is 6.17. The molecule has 0 fully saturated rings. The lowest BCUT2D eigenvalue weighted by molar-refractivity contribution is 1.11. The molecule has 18 aromatic carbocycles. The molecule has 580 valence electrons. The van der Waals surface area contributed by atoms with Crippen LogP contribution in [0.3, 0.4) is 0 Å². The molecule has 10 nitrogen and oxygen atoms in total. The normalized spacial score (nSPS) is 12.0. The second-order valence-electron chi connectivity index (χ2n) is 31.4. The van der Waals surface area contributed by atoms with Gasteiger partial charge in [-0.1, -0.05) is 303 Å². The Bertz CT molecular complexity index is 7540. The Balaban J connectivity index is 0.000000107. The summed E-state index contributed by atoms with van der Waals surface area (Å²) in [7, 11) is 0. The number of benzene rings is 18. The number of fused-ring (bicyclic) bond motifs is 9. The summed E-state index contributed by atoms with van der Waals surface area (Å²) in [6.07, 6.45) is 7.17. The summed E-state index contributed by atoms with van der Waals surface area (Å²) in [6.45, 7) is 0. The van der Waals surface area contributed by atoms with Crippen LogP contribution in [0.5, 0.6) is 0 Å². The molecule has 0 N–H and O–H groups in total. The molecule has 0 bridgehead atoms. The summed E-state index contributed by atoms with van der Waals surface area (Å²) < 4.78 is 2.37. The van der Waals surface area contributed by atoms with Crippen LogP contribution in [-0.2, 0) is 0 Å². The fourth-order valence-corrected chi connectivity index (χ4v) is 18.5. The van der Waals surface area contributed by atoms with Gasteiger partial charge in [0, 0.05) is 72.7 Å². The summed E-state index contributed by atoms with van der Waals surface area (Å²) in [5.41, 5.74) is 34.8. The first kappa shape index (κ1) is 72.4. The maximum absolute atomic E-state index is 5.16. The van der Waals surface area contributed by atoms with Crippen molar-refractivity contribution in [3.05, 3.63) is 450 Å². The van der Waals surface area contributed by atoms with Crippen LogP contribution in [-0.4, -0.2) is 34.5 Å². The lowest BCUT2D eigenvalue weighted by atomic mass is 9.89. The molecule has 124 heavy (non-hydrogen) atoms. The van der Waals surface area contributed by atoms with Crippen molar-refractivity contribution in [1.82, 2.24) is 34.5 Å². The molecule has 0 saturated carbocycles. The average molecular weight is 1580 g/mol. The van der Waals surface area contributed by atoms with Gasteiger partial charge in [0.1, 0.15) is 18.5 Å². The topological polar surface area (TPSA) is 92.0 Å². The third-order valence-electron chi connectivity index (χ3n) is 24.1. The molecule has 0 saturated heterocycles. The van der Waals surface area contributed by atoms with E-state index in [9.17, 15) is 0 Å². The molecule has 3 aliphatic rings. The Morgan fingerprint density at radius 3 is 1.21 bits per heavy atom. The van der Waals surface area contributed by atoms with Crippen LogP contribution in [0.1, 0.15) is 0 Å². The van der Waals surface area contributed by atoms with E-state index in [2.05, 4.69) is 436 Å². The zero-order valence-electron chi connectivity index (χ0n) is 67.2. The third kappa shape index (κ3) is 12.8. The minimum Gasteiger partial charge on any atom is -0.309 e. The fourth-order valence-electron chi connectivity index (χ4n) is 18.5. The first-order chi connectivity index (χ1) is 61.5. The van der Waals surface area contributed by atoms with Crippen LogP contribution in [0.2, 0.25) is 0 Å². The maximum atomic E-state index is 5.16. The highest BCUT2D eigenvalue weighted by atomic mass is 15.2. The molecule has 0 unspecified atom stereocenters. The molecule has 10 heteroatoms. The molecular formula is C114H74N10. The molecule has 3 aliphatic heterocycles. The van der Waals surface area contributed by atoms with Crippen LogP contribution in [0.4, 0.5) is 51.3 Å². The summed E-state index contributed by atoms with van der Waals surface area (Å²) in [6, 6.07) is 151. The summed E-state index contributed by atoms with van der Waals surface area (Å²) >= 11 is 0. The molecule has 0 amide bonds. The zero-order chi connectivity index (χ0) is 82.0. The Morgan fingerprint density at radius 1 is 0.210 bits per heavy atom. The van der Waals surface area contributed by atoms with Crippen molar-refractivity contribution in [3.63, 3.8) is 0 Å². The molecule has 7 heterocycles. The first-order valence-electron chi connectivity index (χ1n) is 41.8. The van der Waals surface area contributed by atoms with Crippen molar-refractivity contribution >= 4 is 106 Å². The fraction of sp³-hybridized carbons (Fsp3) is 0. The van der Waals surface area contributed by atoms with Gasteiger partial charge < -0.3 is 14.4 Å². The predicted octanol–water partition coefficient (Wildman–Crippen LogP) is 30.0. The van der Waals surface area contributed by atoms with Gasteiger partial charge in [0.2, 0.25) is 0 Å². The SMILES string of the molecule is c1ccc(-c2cccc(-c3cccc(N4c5cncnc5-c5cc(-c6ccccc6)cc6cccc4c56)c3)c2)cc1.c1ccc(-c2cccc(-c3cccc(N4c5ncncc5-c5cc(-c6ccccc6)cc6cccc4c56)c3)c2)cc1.c1ccc(-c2nc3c4c(cccc4n2)N(c2cccc(-n4c5ccccc5c5ccccc54)c2)c2ccccc2-3)cc1. The van der Waals surface area contributed by atoms with Gasteiger partial charge >= 0.3 is 0 Å². The highest BCUT2D eigenvalue weighted by Crippen LogP contribution is 2.55. The number of hydrogen-bond acceptors (Lipinski definition) is 9. The molecule has 0 atom stereocenters. The van der Waals surface area contributed by atoms with Crippen LogP contribution < -0.4 is 14.7 Å². The Kier molecular flexibility index (Phi) is 18.0. The molecule has 0 aliphatic carbocycles. The van der Waals surface area contributed by atoms with E-state index in [1.165, 1.54) is 99.0 Å². The summed E-state index contributed by atoms with van der Waals surface area (Å²) in [5.74, 6) is 1.63. The van der Waals surface area contributed by atoms with Crippen molar-refractivity contribution in [3.8, 4) is 117 Å². The van der Waals surface area contributed by atoms with Crippen molar-refractivity contribution in [2.75, 3.05) is 14.7 Å². The van der Waals surface area contributed by atoms with E-state index in [-0.39, 0.29) is 0 Å². The van der Waals surface area contributed by atoms with Crippen molar-refractivity contribution in [1.29, 1.82) is 0 Å². The van der Waals surface area contributed by atoms with Gasteiger partial charge in [-0.05, 0) is 204 Å². The van der Waals surface area contributed by atoms with Gasteiger partial charge in [-0.15, -0.1) is 0 Å². The molecular weight excluding hydrogens is 1510 g/mol. The molecule has 22 aromatic rings. The third-order valence-corrected chi connectivity index (χ3v) is 24.1. The lowest BCUT2D eigenvalue weighted by Gasteiger charge is -2.33. The van der Waals surface area contributed by atoms with E-state index < -0.39 is 0 Å². The van der Waals surface area contributed by atoms with Gasteiger partial charge in [0.05, 0.1) is 68.0 Å². The van der Waals surface area contributed by atoms with E-state index in [1.807, 2.05) is 30.6 Å². The quantitative estimate of drug-likeness (QED) is 0.126. The predicted molar refractivity (Wildman–Crippen MR) is 512 cm³/mol. The minimum absolute atomic E-state index is 0.742. The molecule has 25 rings (SSSR count). The average Bonchev–Trinajstić information content (AvgIpc) is 0.896. The minimum atomic E-state index is 0.742. The van der Waals surface area contributed by atoms with Crippen molar-refractivity contribution < 1.29 is 0 Å². The van der Waals surface area contributed by atoms with Crippen LogP contribution in [0.15, 0.2) is 450 Å². The standard InChI is InChI=1S/C38H24N4.2C38H25N3/c1-2-12-25(13-3-1)38-39-31-19-11-23-35-36(31)37(40-38)30-18-6-9-22-34(30)42(35)27-15-10-14-26(24-27)41-32-20-7-4-16-28(32)29-17-5-8-21-33(29)41;1-3-10-26(11-4-1)28-14-7-15-29(20-28)30-16-8-18-33(22-30)41-36-19-9-17-31-21-32(27-12-5-2-6-13-27)23-34(37(31)36)35-24-39-25-40-38(35)41;1-3-10-26(11-4-1)28-14-7-15-29(20-28)30-16-8-18-33(22-30)41-35-19-9-17-31-21-32(27-12-5-2-6-13-27)23-34(37(31)35)38-36(41)24-39-25-40-38/h1-24H;2*1-25H. The van der Waals surface area contributed by atoms with E-state index in [0.717, 1.165) is 124 Å². The van der Waals surface area contributed by atoms with Crippen molar-refractivity contribution in [2.24, 2.45) is 0 Å². The largest absolute Gasteiger partial charge is 0.309 e. The van der Waals surface area contributed by atoms with Crippen LogP contribution in [0, 0.1) is 0 Å². The van der Waals surface area contributed by atoms with Gasteiger partial charge in [-0.25, -0.2) is 29.9 Å². The number of para-hydroxylation sites is 3.